The molecule has 0 aliphatic carbocycles. The summed E-state index contributed by atoms with van der Waals surface area (Å²) in [6.07, 6.45) is 1.85. The van der Waals surface area contributed by atoms with Crippen LogP contribution in [-0.2, 0) is 0 Å². The van der Waals surface area contributed by atoms with E-state index in [0.717, 1.165) is 31.5 Å². The van der Waals surface area contributed by atoms with Gasteiger partial charge in [-0.2, -0.15) is 0 Å². The fourth-order valence-electron chi connectivity index (χ4n) is 2.68. The highest BCUT2D eigenvalue weighted by Crippen LogP contribution is 2.21. The van der Waals surface area contributed by atoms with Crippen LogP contribution < -0.4 is 0 Å². The van der Waals surface area contributed by atoms with Gasteiger partial charge in [-0.3, -0.25) is 9.69 Å². The molecule has 0 bridgehead atoms. The molecule has 110 valence electrons. The Balaban J connectivity index is 2.11. The number of hydrogen-bond donors (Lipinski definition) is 1. The third-order valence-corrected chi connectivity index (χ3v) is 3.93. The van der Waals surface area contributed by atoms with Gasteiger partial charge in [-0.05, 0) is 44.4 Å². The van der Waals surface area contributed by atoms with E-state index >= 15 is 0 Å². The van der Waals surface area contributed by atoms with E-state index < -0.39 is 17.7 Å². The van der Waals surface area contributed by atoms with Crippen LogP contribution in [0.5, 0.6) is 0 Å². The van der Waals surface area contributed by atoms with Gasteiger partial charge in [-0.15, -0.1) is 0 Å². The van der Waals surface area contributed by atoms with Gasteiger partial charge in [0.2, 0.25) is 0 Å². The molecule has 0 radical (unpaired) electrons. The monoisotopic (exact) mass is 283 g/mol. The molecule has 3 nitrogen and oxygen atoms in total. The van der Waals surface area contributed by atoms with E-state index in [1.54, 1.807) is 6.92 Å². The number of halogens is 2. The fraction of sp³-hybridized carbons (Fsp3) is 0.533. The Hall–Kier alpha value is -1.33. The standard InChI is InChI=1S/C15H19F2NO2/c1-10(18-6-2-3-11(8-18)9-19)15(20)13-5-4-12(16)7-14(13)17/h4-5,7,10-11,19H,2-3,6,8-9H2,1H3. The summed E-state index contributed by atoms with van der Waals surface area (Å²) in [5.41, 5.74) is -0.0787. The Morgan fingerprint density at radius 1 is 1.50 bits per heavy atom. The number of rotatable bonds is 4. The van der Waals surface area contributed by atoms with Crippen molar-refractivity contribution in [3.05, 3.63) is 35.4 Å². The molecule has 20 heavy (non-hydrogen) atoms. The zero-order valence-corrected chi connectivity index (χ0v) is 11.5. The van der Waals surface area contributed by atoms with Gasteiger partial charge < -0.3 is 5.11 Å². The van der Waals surface area contributed by atoms with Crippen LogP contribution in [0.3, 0.4) is 0 Å². The van der Waals surface area contributed by atoms with Crippen LogP contribution in [0.4, 0.5) is 8.78 Å². The first kappa shape index (κ1) is 15.1. The average molecular weight is 283 g/mol. The topological polar surface area (TPSA) is 40.5 Å². The van der Waals surface area contributed by atoms with Gasteiger partial charge in [-0.25, -0.2) is 8.78 Å². The van der Waals surface area contributed by atoms with Crippen LogP contribution in [0.2, 0.25) is 0 Å². The minimum Gasteiger partial charge on any atom is -0.396 e. The summed E-state index contributed by atoms with van der Waals surface area (Å²) in [7, 11) is 0. The Bertz CT molecular complexity index is 493. The minimum atomic E-state index is -0.822. The first-order valence-corrected chi connectivity index (χ1v) is 6.87. The van der Waals surface area contributed by atoms with Crippen molar-refractivity contribution in [1.82, 2.24) is 4.90 Å². The lowest BCUT2D eigenvalue weighted by molar-refractivity contribution is 0.0670. The number of carbonyl (C=O) groups excluding carboxylic acids is 1. The van der Waals surface area contributed by atoms with Crippen molar-refractivity contribution in [2.45, 2.75) is 25.8 Å². The number of aliphatic hydroxyl groups excluding tert-OH is 1. The third-order valence-electron chi connectivity index (χ3n) is 3.93. The molecule has 5 heteroatoms. The van der Waals surface area contributed by atoms with E-state index in [-0.39, 0.29) is 23.9 Å². The first-order valence-electron chi connectivity index (χ1n) is 6.87. The molecule has 0 aromatic heterocycles. The molecule has 1 saturated heterocycles. The maximum Gasteiger partial charge on any atom is 0.182 e. The molecular weight excluding hydrogens is 264 g/mol. The molecule has 1 aromatic carbocycles. The molecule has 1 aliphatic rings. The minimum absolute atomic E-state index is 0.0787. The number of ketones is 1. The van der Waals surface area contributed by atoms with Crippen LogP contribution in [0.15, 0.2) is 18.2 Å². The van der Waals surface area contributed by atoms with Crippen molar-refractivity contribution in [1.29, 1.82) is 0 Å². The van der Waals surface area contributed by atoms with Crippen LogP contribution in [-0.4, -0.2) is 41.5 Å². The summed E-state index contributed by atoms with van der Waals surface area (Å²) >= 11 is 0. The van der Waals surface area contributed by atoms with E-state index in [1.807, 2.05) is 4.90 Å². The van der Waals surface area contributed by atoms with E-state index in [1.165, 1.54) is 6.07 Å². The van der Waals surface area contributed by atoms with Crippen molar-refractivity contribution in [2.24, 2.45) is 5.92 Å². The van der Waals surface area contributed by atoms with Crippen LogP contribution >= 0.6 is 0 Å². The molecular formula is C15H19F2NO2. The number of nitrogens with zero attached hydrogens (tertiary/aromatic N) is 1. The number of benzene rings is 1. The maximum absolute atomic E-state index is 13.7. The first-order chi connectivity index (χ1) is 9.52. The van der Waals surface area contributed by atoms with Crippen molar-refractivity contribution >= 4 is 5.78 Å². The molecule has 1 aromatic rings. The van der Waals surface area contributed by atoms with Gasteiger partial charge in [0.25, 0.3) is 0 Å². The number of carbonyl (C=O) groups is 1. The number of hydrogen-bond acceptors (Lipinski definition) is 3. The van der Waals surface area contributed by atoms with Crippen molar-refractivity contribution in [3.63, 3.8) is 0 Å². The van der Waals surface area contributed by atoms with Crippen molar-refractivity contribution < 1.29 is 18.7 Å². The van der Waals surface area contributed by atoms with Crippen molar-refractivity contribution in [3.8, 4) is 0 Å². The van der Waals surface area contributed by atoms with E-state index in [2.05, 4.69) is 0 Å². The summed E-state index contributed by atoms with van der Waals surface area (Å²) in [6.45, 7) is 3.21. The van der Waals surface area contributed by atoms with E-state index in [0.29, 0.717) is 6.54 Å². The highest BCUT2D eigenvalue weighted by atomic mass is 19.1. The predicted molar refractivity (Wildman–Crippen MR) is 71.5 cm³/mol. The highest BCUT2D eigenvalue weighted by Gasteiger charge is 2.28. The molecule has 1 fully saturated rings. The molecule has 1 heterocycles. The lowest BCUT2D eigenvalue weighted by Gasteiger charge is -2.35. The lowest BCUT2D eigenvalue weighted by Crippen LogP contribution is -2.46. The van der Waals surface area contributed by atoms with Crippen molar-refractivity contribution in [2.75, 3.05) is 19.7 Å². The van der Waals surface area contributed by atoms with Gasteiger partial charge in [0, 0.05) is 19.2 Å². The van der Waals surface area contributed by atoms with Gasteiger partial charge in [0.05, 0.1) is 11.6 Å². The van der Waals surface area contributed by atoms with Gasteiger partial charge in [-0.1, -0.05) is 0 Å². The van der Waals surface area contributed by atoms with Gasteiger partial charge in [0.1, 0.15) is 11.6 Å². The summed E-state index contributed by atoms with van der Waals surface area (Å²) in [6, 6.07) is 2.55. The Morgan fingerprint density at radius 3 is 2.90 bits per heavy atom. The second-order valence-corrected chi connectivity index (χ2v) is 5.35. The largest absolute Gasteiger partial charge is 0.396 e. The molecule has 0 saturated carbocycles. The zero-order valence-electron chi connectivity index (χ0n) is 11.5. The lowest BCUT2D eigenvalue weighted by atomic mass is 9.95. The third kappa shape index (κ3) is 3.22. The molecule has 2 unspecified atom stereocenters. The fourth-order valence-corrected chi connectivity index (χ4v) is 2.68. The Morgan fingerprint density at radius 2 is 2.25 bits per heavy atom. The molecule has 0 spiro atoms. The SMILES string of the molecule is CC(C(=O)c1ccc(F)cc1F)N1CCCC(CO)C1. The highest BCUT2D eigenvalue weighted by molar-refractivity contribution is 6.00. The summed E-state index contributed by atoms with van der Waals surface area (Å²) in [5, 5.41) is 9.21. The maximum atomic E-state index is 13.7. The number of aliphatic hydroxyl groups is 1. The smallest absolute Gasteiger partial charge is 0.182 e. The summed E-state index contributed by atoms with van der Waals surface area (Å²) in [4.78, 5) is 14.3. The predicted octanol–water partition coefficient (Wildman–Crippen LogP) is 2.24. The summed E-state index contributed by atoms with van der Waals surface area (Å²) < 4.78 is 26.5. The number of piperidine rings is 1. The molecule has 2 atom stereocenters. The van der Waals surface area contributed by atoms with Crippen LogP contribution in [0.1, 0.15) is 30.1 Å². The van der Waals surface area contributed by atoms with E-state index in [4.69, 9.17) is 0 Å². The number of Topliss-reactive ketones (excluding diaryl/α,β-unsaturated/α-hetero) is 1. The van der Waals surface area contributed by atoms with Crippen LogP contribution in [0, 0.1) is 17.6 Å². The summed E-state index contributed by atoms with van der Waals surface area (Å²) in [5.74, 6) is -1.69. The zero-order chi connectivity index (χ0) is 14.7. The quantitative estimate of drug-likeness (QED) is 0.862. The van der Waals surface area contributed by atoms with E-state index in [9.17, 15) is 18.7 Å². The Kier molecular flexibility index (Phi) is 4.83. The average Bonchev–Trinajstić information content (AvgIpc) is 2.46. The molecule has 1 aliphatic heterocycles. The van der Waals surface area contributed by atoms with Crippen LogP contribution in [0.25, 0.3) is 0 Å². The molecule has 1 N–H and O–H groups in total. The molecule has 0 amide bonds. The molecule has 2 rings (SSSR count). The second kappa shape index (κ2) is 6.41. The Labute approximate surface area is 117 Å². The normalized spacial score (nSPS) is 21.7. The van der Waals surface area contributed by atoms with Gasteiger partial charge in [0.15, 0.2) is 5.78 Å². The van der Waals surface area contributed by atoms with Gasteiger partial charge >= 0.3 is 0 Å². The number of likely N-dealkylation sites (tertiary alicyclic amines) is 1. The second-order valence-electron chi connectivity index (χ2n) is 5.35.